The van der Waals surface area contributed by atoms with E-state index in [1.807, 2.05) is 12.1 Å². The largest absolute Gasteiger partial charge is 0.489 e. The average Bonchev–Trinajstić information content (AvgIpc) is 3.14. The second-order valence-corrected chi connectivity index (χ2v) is 7.08. The maximum atomic E-state index is 13.9. The zero-order valence-electron chi connectivity index (χ0n) is 12.4. The molecule has 0 heterocycles. The van der Waals surface area contributed by atoms with Gasteiger partial charge in [0.15, 0.2) is 0 Å². The molecule has 1 fully saturated rings. The van der Waals surface area contributed by atoms with E-state index in [1.54, 1.807) is 6.07 Å². The maximum absolute atomic E-state index is 13.9. The van der Waals surface area contributed by atoms with Gasteiger partial charge in [-0.25, -0.2) is 8.78 Å². The van der Waals surface area contributed by atoms with Crippen LogP contribution >= 0.6 is 15.9 Å². The highest BCUT2D eigenvalue weighted by Crippen LogP contribution is 2.61. The van der Waals surface area contributed by atoms with E-state index in [0.717, 1.165) is 11.1 Å². The third-order valence-corrected chi connectivity index (χ3v) is 5.52. The summed E-state index contributed by atoms with van der Waals surface area (Å²) in [4.78, 5) is 11.1. The van der Waals surface area contributed by atoms with Crippen molar-refractivity contribution in [2.75, 3.05) is 0 Å². The predicted octanol–water partition coefficient (Wildman–Crippen LogP) is 4.28. The molecule has 4 rings (SSSR count). The Hall–Kier alpha value is -1.95. The van der Waals surface area contributed by atoms with Crippen LogP contribution in [0.2, 0.25) is 0 Å². The summed E-state index contributed by atoms with van der Waals surface area (Å²) in [6, 6.07) is 7.94. The Morgan fingerprint density at radius 1 is 1.29 bits per heavy atom. The van der Waals surface area contributed by atoms with Gasteiger partial charge < -0.3 is 9.84 Å². The fraction of sp³-hybridized carbons (Fsp3) is 0.278. The molecule has 0 bridgehead atoms. The second kappa shape index (κ2) is 5.55. The van der Waals surface area contributed by atoms with Crippen LogP contribution in [0.5, 0.6) is 5.75 Å². The number of rotatable bonds is 4. The minimum atomic E-state index is -0.739. The molecule has 2 aliphatic carbocycles. The lowest BCUT2D eigenvalue weighted by Gasteiger charge is -2.12. The molecule has 0 spiro atoms. The number of benzene rings is 2. The van der Waals surface area contributed by atoms with E-state index < -0.39 is 17.6 Å². The van der Waals surface area contributed by atoms with Gasteiger partial charge in [-0.15, -0.1) is 0 Å². The lowest BCUT2D eigenvalue weighted by atomic mass is 10.0. The quantitative estimate of drug-likeness (QED) is 0.787. The van der Waals surface area contributed by atoms with Gasteiger partial charge in [0.2, 0.25) is 0 Å². The molecular weight excluding hydrogens is 382 g/mol. The molecule has 0 amide bonds. The number of carboxylic acids is 1. The molecule has 24 heavy (non-hydrogen) atoms. The molecule has 0 radical (unpaired) electrons. The van der Waals surface area contributed by atoms with Gasteiger partial charge in [-0.05, 0) is 63.7 Å². The standard InChI is InChI=1S/C18H13BrF2O3/c19-13-3-4-14(20)12(17(13)21)7-24-9-1-2-10-8(5-9)6-11-15(10)16(11)18(22)23/h1-5,11,15-16H,6-7H2,(H,22,23). The zero-order chi connectivity index (χ0) is 17.0. The average molecular weight is 395 g/mol. The Labute approximate surface area is 145 Å². The number of carbonyl (C=O) groups is 1. The molecule has 0 saturated heterocycles. The van der Waals surface area contributed by atoms with Crippen molar-refractivity contribution in [3.8, 4) is 5.75 Å². The van der Waals surface area contributed by atoms with Crippen molar-refractivity contribution in [1.82, 2.24) is 0 Å². The van der Waals surface area contributed by atoms with E-state index in [-0.39, 0.29) is 34.4 Å². The third-order valence-electron chi connectivity index (χ3n) is 4.90. The molecule has 6 heteroatoms. The van der Waals surface area contributed by atoms with Gasteiger partial charge in [0.25, 0.3) is 0 Å². The Bertz CT molecular complexity index is 852. The van der Waals surface area contributed by atoms with Crippen LogP contribution in [0.4, 0.5) is 8.78 Å². The number of ether oxygens (including phenoxy) is 1. The molecule has 2 aromatic carbocycles. The van der Waals surface area contributed by atoms with Crippen molar-refractivity contribution >= 4 is 21.9 Å². The Kier molecular flexibility index (Phi) is 3.60. The number of hydrogen-bond donors (Lipinski definition) is 1. The molecular formula is C18H13BrF2O3. The van der Waals surface area contributed by atoms with Crippen LogP contribution in [0.3, 0.4) is 0 Å². The SMILES string of the molecule is O=C(O)C1C2Cc3cc(OCc4c(F)ccc(Br)c4F)ccc3C21. The fourth-order valence-electron chi connectivity index (χ4n) is 3.67. The van der Waals surface area contributed by atoms with Crippen LogP contribution in [0.1, 0.15) is 22.6 Å². The summed E-state index contributed by atoms with van der Waals surface area (Å²) in [5, 5.41) is 9.12. The molecule has 0 aromatic heterocycles. The fourth-order valence-corrected chi connectivity index (χ4v) is 4.04. The molecule has 124 valence electrons. The number of halogens is 3. The molecule has 3 atom stereocenters. The highest BCUT2D eigenvalue weighted by molar-refractivity contribution is 9.10. The molecule has 3 nitrogen and oxygen atoms in total. The van der Waals surface area contributed by atoms with Crippen LogP contribution in [-0.2, 0) is 17.8 Å². The van der Waals surface area contributed by atoms with Crippen molar-refractivity contribution in [2.24, 2.45) is 11.8 Å². The second-order valence-electron chi connectivity index (χ2n) is 6.23. The first-order valence-electron chi connectivity index (χ1n) is 7.58. The van der Waals surface area contributed by atoms with Gasteiger partial charge in [0.1, 0.15) is 24.0 Å². The van der Waals surface area contributed by atoms with Crippen LogP contribution in [0.25, 0.3) is 0 Å². The Morgan fingerprint density at radius 2 is 2.08 bits per heavy atom. The molecule has 1 N–H and O–H groups in total. The molecule has 2 aliphatic rings. The first kappa shape index (κ1) is 15.6. The van der Waals surface area contributed by atoms with Crippen LogP contribution in [0, 0.1) is 23.5 Å². The summed E-state index contributed by atoms with van der Waals surface area (Å²) in [6.07, 6.45) is 0.716. The smallest absolute Gasteiger partial charge is 0.307 e. The van der Waals surface area contributed by atoms with Crippen molar-refractivity contribution in [3.63, 3.8) is 0 Å². The van der Waals surface area contributed by atoms with Crippen molar-refractivity contribution in [2.45, 2.75) is 18.9 Å². The highest BCUT2D eigenvalue weighted by Gasteiger charge is 2.59. The Morgan fingerprint density at radius 3 is 2.83 bits per heavy atom. The summed E-state index contributed by atoms with van der Waals surface area (Å²) < 4.78 is 33.4. The van der Waals surface area contributed by atoms with E-state index in [9.17, 15) is 13.6 Å². The van der Waals surface area contributed by atoms with Gasteiger partial charge in [0.05, 0.1) is 16.0 Å². The lowest BCUT2D eigenvalue weighted by molar-refractivity contribution is -0.139. The van der Waals surface area contributed by atoms with Crippen molar-refractivity contribution in [3.05, 3.63) is 63.1 Å². The number of carboxylic acid groups (broad SMARTS) is 1. The predicted molar refractivity (Wildman–Crippen MR) is 85.9 cm³/mol. The zero-order valence-corrected chi connectivity index (χ0v) is 14.0. The van der Waals surface area contributed by atoms with E-state index >= 15 is 0 Å². The first-order chi connectivity index (χ1) is 11.5. The van der Waals surface area contributed by atoms with E-state index in [1.165, 1.54) is 12.1 Å². The summed E-state index contributed by atoms with van der Waals surface area (Å²) in [6.45, 7) is -0.208. The van der Waals surface area contributed by atoms with E-state index in [2.05, 4.69) is 15.9 Å². The van der Waals surface area contributed by atoms with E-state index in [4.69, 9.17) is 9.84 Å². The summed E-state index contributed by atoms with van der Waals surface area (Å²) in [7, 11) is 0. The van der Waals surface area contributed by atoms with Crippen LogP contribution in [-0.4, -0.2) is 11.1 Å². The first-order valence-corrected chi connectivity index (χ1v) is 8.37. The topological polar surface area (TPSA) is 46.5 Å². The molecule has 0 aliphatic heterocycles. The number of aliphatic carboxylic acids is 1. The van der Waals surface area contributed by atoms with Gasteiger partial charge in [-0.2, -0.15) is 0 Å². The van der Waals surface area contributed by atoms with Gasteiger partial charge in [0, 0.05) is 5.92 Å². The normalized spacial score (nSPS) is 23.5. The molecule has 3 unspecified atom stereocenters. The Balaban J connectivity index is 1.50. The minimum absolute atomic E-state index is 0.103. The monoisotopic (exact) mass is 394 g/mol. The van der Waals surface area contributed by atoms with Gasteiger partial charge >= 0.3 is 5.97 Å². The minimum Gasteiger partial charge on any atom is -0.489 e. The van der Waals surface area contributed by atoms with Gasteiger partial charge in [-0.3, -0.25) is 4.79 Å². The molecule has 2 aromatic rings. The number of hydrogen-bond acceptors (Lipinski definition) is 2. The van der Waals surface area contributed by atoms with Crippen LogP contribution < -0.4 is 4.74 Å². The summed E-state index contributed by atoms with van der Waals surface area (Å²) in [5.74, 6) is -1.52. The van der Waals surface area contributed by atoms with Crippen molar-refractivity contribution in [1.29, 1.82) is 0 Å². The lowest BCUT2D eigenvalue weighted by Crippen LogP contribution is -2.06. The third kappa shape index (κ3) is 2.40. The van der Waals surface area contributed by atoms with E-state index in [0.29, 0.717) is 12.2 Å². The van der Waals surface area contributed by atoms with Crippen molar-refractivity contribution < 1.29 is 23.4 Å². The maximum Gasteiger partial charge on any atom is 0.307 e. The summed E-state index contributed by atoms with van der Waals surface area (Å²) >= 11 is 3.03. The van der Waals surface area contributed by atoms with Crippen LogP contribution in [0.15, 0.2) is 34.8 Å². The van der Waals surface area contributed by atoms with Gasteiger partial charge in [-0.1, -0.05) is 6.07 Å². The molecule has 1 saturated carbocycles. The number of fused-ring (bicyclic) bond motifs is 3. The summed E-state index contributed by atoms with van der Waals surface area (Å²) in [5.41, 5.74) is 1.99. The highest BCUT2D eigenvalue weighted by atomic mass is 79.9.